The highest BCUT2D eigenvalue weighted by Gasteiger charge is 2.45. The molecule has 1 saturated heterocycles. The van der Waals surface area contributed by atoms with Gasteiger partial charge in [-0.2, -0.15) is 13.9 Å². The highest BCUT2D eigenvalue weighted by atomic mass is 35.5. The number of alkyl halides is 2. The van der Waals surface area contributed by atoms with Crippen molar-refractivity contribution in [1.29, 1.82) is 0 Å². The third-order valence-corrected chi connectivity index (χ3v) is 6.85. The van der Waals surface area contributed by atoms with E-state index in [-0.39, 0.29) is 10.7 Å². The number of aldehydes is 1. The minimum Gasteiger partial charge on any atom is -0.326 e. The van der Waals surface area contributed by atoms with Gasteiger partial charge in [0.15, 0.2) is 10.8 Å². The molecule has 6 nitrogen and oxygen atoms in total. The van der Waals surface area contributed by atoms with Crippen LogP contribution in [0.15, 0.2) is 52.7 Å². The van der Waals surface area contributed by atoms with Crippen molar-refractivity contribution in [3.8, 4) is 0 Å². The first-order valence-electron chi connectivity index (χ1n) is 10.0. The van der Waals surface area contributed by atoms with Gasteiger partial charge in [-0.25, -0.2) is 14.1 Å². The van der Waals surface area contributed by atoms with Gasteiger partial charge in [0.25, 0.3) is 0 Å². The van der Waals surface area contributed by atoms with Crippen molar-refractivity contribution in [2.45, 2.75) is 25.9 Å². The van der Waals surface area contributed by atoms with Gasteiger partial charge in [0.05, 0.1) is 5.69 Å². The molecule has 0 saturated carbocycles. The van der Waals surface area contributed by atoms with Crippen LogP contribution in [0.3, 0.4) is 0 Å². The van der Waals surface area contributed by atoms with Crippen molar-refractivity contribution in [2.75, 3.05) is 6.54 Å². The van der Waals surface area contributed by atoms with Gasteiger partial charge in [-0.05, 0) is 18.2 Å². The Morgan fingerprint density at radius 2 is 2.15 bits per heavy atom. The molecule has 170 valence electrons. The SMILES string of the molecule is C[C@@]1(C=O)CC2=C(c3ccn(C(F)F)n3)[C@H](c3ccc(F)cc3Cl)N=C(c3nccs3)N2C1. The molecule has 1 fully saturated rings. The van der Waals surface area contributed by atoms with Gasteiger partial charge in [0.2, 0.25) is 0 Å². The van der Waals surface area contributed by atoms with Crippen LogP contribution in [0.2, 0.25) is 5.02 Å². The van der Waals surface area contributed by atoms with E-state index in [4.69, 9.17) is 16.6 Å². The Labute approximate surface area is 196 Å². The Hall–Kier alpha value is -2.98. The van der Waals surface area contributed by atoms with Crippen molar-refractivity contribution in [2.24, 2.45) is 10.4 Å². The molecule has 5 rings (SSSR count). The lowest BCUT2D eigenvalue weighted by Gasteiger charge is -2.32. The number of hydrogen-bond donors (Lipinski definition) is 0. The van der Waals surface area contributed by atoms with Gasteiger partial charge in [-0.3, -0.25) is 4.99 Å². The molecule has 0 N–H and O–H groups in total. The van der Waals surface area contributed by atoms with E-state index in [1.807, 2.05) is 17.2 Å². The van der Waals surface area contributed by atoms with Gasteiger partial charge in [0.1, 0.15) is 18.1 Å². The van der Waals surface area contributed by atoms with Crippen molar-refractivity contribution in [3.05, 3.63) is 74.8 Å². The fourth-order valence-electron chi connectivity index (χ4n) is 4.26. The predicted molar refractivity (Wildman–Crippen MR) is 119 cm³/mol. The molecular weight excluding hydrogens is 475 g/mol. The van der Waals surface area contributed by atoms with Crippen LogP contribution in [0.5, 0.6) is 0 Å². The molecule has 2 aliphatic heterocycles. The summed E-state index contributed by atoms with van der Waals surface area (Å²) in [6.07, 6.45) is 4.09. The smallest absolute Gasteiger partial charge is 0.326 e. The molecule has 0 aliphatic carbocycles. The largest absolute Gasteiger partial charge is 0.333 e. The number of carbonyl (C=O) groups is 1. The second-order valence-corrected chi connectivity index (χ2v) is 9.51. The predicted octanol–water partition coefficient (Wildman–Crippen LogP) is 5.35. The molecule has 2 aliphatic rings. The minimum atomic E-state index is -2.81. The van der Waals surface area contributed by atoms with Crippen LogP contribution in [0.25, 0.3) is 5.57 Å². The number of fused-ring (bicyclic) bond motifs is 1. The molecule has 0 amide bonds. The molecular formula is C22H17ClF3N5OS. The van der Waals surface area contributed by atoms with Crippen molar-refractivity contribution >= 4 is 40.6 Å². The molecule has 33 heavy (non-hydrogen) atoms. The van der Waals surface area contributed by atoms with Gasteiger partial charge in [0, 0.05) is 58.0 Å². The van der Waals surface area contributed by atoms with Crippen molar-refractivity contribution in [3.63, 3.8) is 0 Å². The number of amidine groups is 1. The molecule has 2 atom stereocenters. The average Bonchev–Trinajstić information content (AvgIpc) is 3.52. The quantitative estimate of drug-likeness (QED) is 0.451. The number of aliphatic imine (C=N–C) groups is 1. The fourth-order valence-corrected chi connectivity index (χ4v) is 5.17. The van der Waals surface area contributed by atoms with Crippen LogP contribution in [-0.2, 0) is 4.79 Å². The summed E-state index contributed by atoms with van der Waals surface area (Å²) in [7, 11) is 0. The molecule has 1 aromatic carbocycles. The van der Waals surface area contributed by atoms with E-state index in [9.17, 15) is 18.0 Å². The summed E-state index contributed by atoms with van der Waals surface area (Å²) < 4.78 is 41.0. The van der Waals surface area contributed by atoms with Gasteiger partial charge < -0.3 is 9.69 Å². The summed E-state index contributed by atoms with van der Waals surface area (Å²) in [5.74, 6) is 0.0453. The zero-order valence-corrected chi connectivity index (χ0v) is 18.8. The van der Waals surface area contributed by atoms with Gasteiger partial charge in [-0.15, -0.1) is 11.3 Å². The van der Waals surface area contributed by atoms with Gasteiger partial charge in [-0.1, -0.05) is 24.6 Å². The first-order valence-corrected chi connectivity index (χ1v) is 11.3. The number of carbonyl (C=O) groups excluding carboxylic acids is 1. The molecule has 0 radical (unpaired) electrons. The monoisotopic (exact) mass is 491 g/mol. The summed E-state index contributed by atoms with van der Waals surface area (Å²) in [6.45, 7) is -0.622. The van der Waals surface area contributed by atoms with E-state index >= 15 is 0 Å². The third kappa shape index (κ3) is 3.76. The summed E-state index contributed by atoms with van der Waals surface area (Å²) in [6, 6.07) is 4.72. The number of hydrogen-bond acceptors (Lipinski definition) is 6. The number of thiazole rings is 1. The zero-order valence-electron chi connectivity index (χ0n) is 17.3. The van der Waals surface area contributed by atoms with Crippen LogP contribution < -0.4 is 0 Å². The molecule has 3 aromatic rings. The molecule has 0 spiro atoms. The maximum atomic E-state index is 13.8. The Balaban J connectivity index is 1.76. The van der Waals surface area contributed by atoms with Crippen LogP contribution in [0.1, 0.15) is 42.2 Å². The Kier molecular flexibility index (Phi) is 5.37. The van der Waals surface area contributed by atoms with E-state index in [0.29, 0.717) is 39.6 Å². The first-order chi connectivity index (χ1) is 15.8. The molecule has 4 heterocycles. The van der Waals surface area contributed by atoms with Crippen LogP contribution in [-0.4, -0.2) is 38.3 Å². The lowest BCUT2D eigenvalue weighted by Crippen LogP contribution is -2.35. The number of nitrogens with zero attached hydrogens (tertiary/aromatic N) is 5. The maximum Gasteiger partial charge on any atom is 0.333 e. The van der Waals surface area contributed by atoms with Crippen molar-refractivity contribution < 1.29 is 18.0 Å². The highest BCUT2D eigenvalue weighted by molar-refractivity contribution is 7.11. The van der Waals surface area contributed by atoms with Crippen LogP contribution in [0, 0.1) is 11.2 Å². The summed E-state index contributed by atoms with van der Waals surface area (Å²) in [5.41, 5.74) is 1.35. The minimum absolute atomic E-state index is 0.151. The Morgan fingerprint density at radius 3 is 2.79 bits per heavy atom. The molecule has 0 unspecified atom stereocenters. The van der Waals surface area contributed by atoms with Crippen molar-refractivity contribution in [1.82, 2.24) is 19.7 Å². The second-order valence-electron chi connectivity index (χ2n) is 8.21. The Bertz CT molecular complexity index is 1290. The molecule has 2 aromatic heterocycles. The summed E-state index contributed by atoms with van der Waals surface area (Å²) in [5, 5.41) is 6.68. The topological polar surface area (TPSA) is 63.4 Å². The van der Waals surface area contributed by atoms with E-state index in [1.165, 1.54) is 41.8 Å². The number of aromatic nitrogens is 3. The average molecular weight is 492 g/mol. The van der Waals surface area contributed by atoms with Gasteiger partial charge >= 0.3 is 6.55 Å². The second kappa shape index (κ2) is 8.11. The summed E-state index contributed by atoms with van der Waals surface area (Å²) >= 11 is 7.80. The normalized spacial score (nSPS) is 22.7. The number of allylic oxidation sites excluding steroid dienone is 1. The zero-order chi connectivity index (χ0) is 23.3. The standard InChI is InChI=1S/C22H17ClF3N5OS/c1-22(11-32)9-16-17(15-4-6-31(29-15)21(25)26)18(13-3-2-12(24)8-14(13)23)28-19(30(16)10-22)20-27-5-7-33-20/h2-8,11,18,21H,9-10H2,1H3/t18-,22+/m0/s1. The maximum absolute atomic E-state index is 13.8. The number of halogens is 4. The fraction of sp³-hybridized carbons (Fsp3) is 0.273. The van der Waals surface area contributed by atoms with E-state index in [0.717, 1.165) is 12.0 Å². The number of benzene rings is 1. The number of rotatable bonds is 5. The highest BCUT2D eigenvalue weighted by Crippen LogP contribution is 2.49. The molecule has 0 bridgehead atoms. The lowest BCUT2D eigenvalue weighted by molar-refractivity contribution is -0.114. The van der Waals surface area contributed by atoms with E-state index < -0.39 is 23.8 Å². The lowest BCUT2D eigenvalue weighted by atomic mass is 9.87. The Morgan fingerprint density at radius 1 is 1.33 bits per heavy atom. The molecule has 11 heteroatoms. The van der Waals surface area contributed by atoms with Crippen LogP contribution >= 0.6 is 22.9 Å². The van der Waals surface area contributed by atoms with E-state index in [2.05, 4.69) is 10.1 Å². The first kappa shape index (κ1) is 21.8. The summed E-state index contributed by atoms with van der Waals surface area (Å²) in [4.78, 5) is 23.2. The van der Waals surface area contributed by atoms with E-state index in [1.54, 1.807) is 6.20 Å². The third-order valence-electron chi connectivity index (χ3n) is 5.76. The van der Waals surface area contributed by atoms with Crippen LogP contribution in [0.4, 0.5) is 13.2 Å².